The van der Waals surface area contributed by atoms with Crippen molar-refractivity contribution in [1.29, 1.82) is 0 Å². The maximum absolute atomic E-state index is 11.9. The van der Waals surface area contributed by atoms with Crippen molar-refractivity contribution in [1.82, 2.24) is 25.2 Å². The van der Waals surface area contributed by atoms with Crippen LogP contribution < -0.4 is 10.2 Å². The summed E-state index contributed by atoms with van der Waals surface area (Å²) in [5, 5.41) is 3.08. The molecule has 2 aromatic rings. The number of hydrogen-bond acceptors (Lipinski definition) is 5. The van der Waals surface area contributed by atoms with Gasteiger partial charge in [-0.3, -0.25) is 4.98 Å². The molecule has 1 N–H and O–H groups in total. The van der Waals surface area contributed by atoms with Crippen LogP contribution in [0.1, 0.15) is 17.7 Å². The Kier molecular flexibility index (Phi) is 3.78. The summed E-state index contributed by atoms with van der Waals surface area (Å²) in [7, 11) is 1.87. The molecule has 2 saturated heterocycles. The predicted octanol–water partition coefficient (Wildman–Crippen LogP) is 1.76. The van der Waals surface area contributed by atoms with Crippen LogP contribution in [0.25, 0.3) is 11.4 Å². The van der Waals surface area contributed by atoms with Crippen molar-refractivity contribution in [2.75, 3.05) is 25.0 Å². The minimum atomic E-state index is 0.0184. The topological polar surface area (TPSA) is 74.2 Å². The Morgan fingerprint density at radius 1 is 1.20 bits per heavy atom. The number of pyridine rings is 1. The average molecular weight is 338 g/mol. The average Bonchev–Trinajstić information content (AvgIpc) is 2.91. The number of nitrogens with zero attached hydrogens (tertiary/aromatic N) is 5. The molecule has 2 fully saturated rings. The molecule has 2 atom stereocenters. The summed E-state index contributed by atoms with van der Waals surface area (Å²) >= 11 is 0. The summed E-state index contributed by atoms with van der Waals surface area (Å²) in [5.41, 5.74) is 3.03. The monoisotopic (exact) mass is 338 g/mol. The number of anilines is 1. The Bertz CT molecular complexity index is 809. The minimum Gasteiger partial charge on any atom is -0.354 e. The summed E-state index contributed by atoms with van der Waals surface area (Å²) in [6.07, 6.45) is 4.44. The number of aromatic nitrogens is 3. The number of likely N-dealkylation sites (N-methyl/N-ethyl adjacent to an activating group) is 1. The van der Waals surface area contributed by atoms with Crippen molar-refractivity contribution >= 4 is 11.8 Å². The second-order valence-electron chi connectivity index (χ2n) is 6.79. The van der Waals surface area contributed by atoms with Gasteiger partial charge in [0.05, 0.1) is 12.1 Å². The van der Waals surface area contributed by atoms with Crippen molar-refractivity contribution in [3.05, 3.63) is 35.8 Å². The molecule has 0 saturated carbocycles. The highest BCUT2D eigenvalue weighted by Crippen LogP contribution is 2.29. The molecule has 4 rings (SSSR count). The molecule has 0 unspecified atom stereocenters. The number of piperidine rings is 1. The fraction of sp³-hybridized carbons (Fsp3) is 0.444. The molecule has 130 valence electrons. The van der Waals surface area contributed by atoms with E-state index in [1.807, 2.05) is 31.0 Å². The molecule has 0 radical (unpaired) electrons. The Morgan fingerprint density at radius 2 is 1.96 bits per heavy atom. The lowest BCUT2D eigenvalue weighted by atomic mass is 10.00. The third kappa shape index (κ3) is 2.69. The highest BCUT2D eigenvalue weighted by Gasteiger charge is 2.41. The van der Waals surface area contributed by atoms with Gasteiger partial charge in [0, 0.05) is 49.4 Å². The largest absolute Gasteiger partial charge is 0.354 e. The number of carbonyl (C=O) groups is 1. The van der Waals surface area contributed by atoms with Crippen LogP contribution in [0.15, 0.2) is 24.5 Å². The van der Waals surface area contributed by atoms with E-state index in [0.717, 1.165) is 48.0 Å². The van der Waals surface area contributed by atoms with Crippen LogP contribution in [0, 0.1) is 13.8 Å². The molecule has 7 heteroatoms. The first-order valence-electron chi connectivity index (χ1n) is 8.58. The van der Waals surface area contributed by atoms with Gasteiger partial charge in [-0.1, -0.05) is 0 Å². The fourth-order valence-electron chi connectivity index (χ4n) is 3.70. The van der Waals surface area contributed by atoms with Crippen molar-refractivity contribution < 1.29 is 4.79 Å². The van der Waals surface area contributed by atoms with Crippen molar-refractivity contribution in [3.63, 3.8) is 0 Å². The highest BCUT2D eigenvalue weighted by molar-refractivity contribution is 5.77. The molecular formula is C18H22N6O. The molecule has 7 nitrogen and oxygen atoms in total. The summed E-state index contributed by atoms with van der Waals surface area (Å²) in [5.74, 6) is 1.68. The first-order chi connectivity index (χ1) is 12.0. The maximum atomic E-state index is 11.9. The molecular weight excluding hydrogens is 316 g/mol. The lowest BCUT2D eigenvalue weighted by Gasteiger charge is -2.37. The van der Waals surface area contributed by atoms with Gasteiger partial charge in [0.25, 0.3) is 0 Å². The van der Waals surface area contributed by atoms with E-state index in [-0.39, 0.29) is 18.1 Å². The first-order valence-corrected chi connectivity index (χ1v) is 8.58. The molecule has 4 heterocycles. The van der Waals surface area contributed by atoms with Crippen LogP contribution >= 0.6 is 0 Å². The van der Waals surface area contributed by atoms with Crippen LogP contribution in [0.5, 0.6) is 0 Å². The molecule has 2 aliphatic heterocycles. The molecule has 2 amide bonds. The number of amides is 2. The number of fused-ring (bicyclic) bond motifs is 1. The summed E-state index contributed by atoms with van der Waals surface area (Å²) in [6.45, 7) is 5.73. The summed E-state index contributed by atoms with van der Waals surface area (Å²) in [4.78, 5) is 29.6. The fourth-order valence-corrected chi connectivity index (χ4v) is 3.70. The van der Waals surface area contributed by atoms with Gasteiger partial charge in [-0.25, -0.2) is 14.8 Å². The van der Waals surface area contributed by atoms with E-state index in [1.165, 1.54) is 0 Å². The van der Waals surface area contributed by atoms with Gasteiger partial charge in [0.15, 0.2) is 5.82 Å². The predicted molar refractivity (Wildman–Crippen MR) is 95.4 cm³/mol. The van der Waals surface area contributed by atoms with E-state index in [9.17, 15) is 4.79 Å². The lowest BCUT2D eigenvalue weighted by molar-refractivity contribution is 0.212. The second-order valence-corrected chi connectivity index (χ2v) is 6.79. The standard InChI is InChI=1S/C18H22N6O/c1-11-12(2)20-16(13-4-7-19-8-5-13)22-17(11)24-9-6-15-14(10-24)21-18(25)23(15)3/h4-5,7-8,14-15H,6,9-10H2,1-3H3,(H,21,25)/t14-,15+/m1/s1. The molecule has 25 heavy (non-hydrogen) atoms. The van der Waals surface area contributed by atoms with Gasteiger partial charge in [-0.2, -0.15) is 0 Å². The third-order valence-electron chi connectivity index (χ3n) is 5.30. The van der Waals surface area contributed by atoms with E-state index < -0.39 is 0 Å². The molecule has 0 spiro atoms. The van der Waals surface area contributed by atoms with E-state index in [2.05, 4.69) is 27.1 Å². The van der Waals surface area contributed by atoms with E-state index >= 15 is 0 Å². The van der Waals surface area contributed by atoms with E-state index in [4.69, 9.17) is 4.98 Å². The molecule has 2 aromatic heterocycles. The zero-order valence-corrected chi connectivity index (χ0v) is 14.7. The van der Waals surface area contributed by atoms with E-state index in [1.54, 1.807) is 12.4 Å². The van der Waals surface area contributed by atoms with Crippen LogP contribution in [0.2, 0.25) is 0 Å². The number of aryl methyl sites for hydroxylation is 1. The number of carbonyl (C=O) groups excluding carboxylic acids is 1. The smallest absolute Gasteiger partial charge is 0.317 e. The molecule has 2 aliphatic rings. The lowest BCUT2D eigenvalue weighted by Crippen LogP contribution is -2.51. The van der Waals surface area contributed by atoms with Gasteiger partial charge in [0.2, 0.25) is 0 Å². The van der Waals surface area contributed by atoms with Crippen LogP contribution in [-0.4, -0.2) is 58.1 Å². The maximum Gasteiger partial charge on any atom is 0.317 e. The number of nitrogens with one attached hydrogen (secondary N) is 1. The van der Waals surface area contributed by atoms with E-state index in [0.29, 0.717) is 0 Å². The van der Waals surface area contributed by atoms with Crippen molar-refractivity contribution in [2.45, 2.75) is 32.4 Å². The van der Waals surface area contributed by atoms with Gasteiger partial charge < -0.3 is 15.1 Å². The molecule has 0 aliphatic carbocycles. The van der Waals surface area contributed by atoms with Crippen molar-refractivity contribution in [3.8, 4) is 11.4 Å². The number of hydrogen-bond donors (Lipinski definition) is 1. The first kappa shape index (κ1) is 15.8. The van der Waals surface area contributed by atoms with Crippen LogP contribution in [0.3, 0.4) is 0 Å². The Hall–Kier alpha value is -2.70. The minimum absolute atomic E-state index is 0.0184. The Balaban J connectivity index is 1.66. The van der Waals surface area contributed by atoms with Crippen molar-refractivity contribution in [2.24, 2.45) is 0 Å². The van der Waals surface area contributed by atoms with Gasteiger partial charge >= 0.3 is 6.03 Å². The summed E-state index contributed by atoms with van der Waals surface area (Å²) < 4.78 is 0. The zero-order chi connectivity index (χ0) is 17.6. The number of rotatable bonds is 2. The van der Waals surface area contributed by atoms with Crippen LogP contribution in [0.4, 0.5) is 10.6 Å². The zero-order valence-electron chi connectivity index (χ0n) is 14.7. The van der Waals surface area contributed by atoms with Gasteiger partial charge in [-0.15, -0.1) is 0 Å². The number of urea groups is 1. The Labute approximate surface area is 147 Å². The normalized spacial score (nSPS) is 22.8. The molecule has 0 bridgehead atoms. The van der Waals surface area contributed by atoms with Crippen LogP contribution in [-0.2, 0) is 0 Å². The molecule has 0 aromatic carbocycles. The van der Waals surface area contributed by atoms with Gasteiger partial charge in [-0.05, 0) is 32.4 Å². The Morgan fingerprint density at radius 3 is 2.72 bits per heavy atom. The SMILES string of the molecule is Cc1nc(-c2ccncc2)nc(N2CC[C@H]3[C@@H](C2)NC(=O)N3C)c1C. The van der Waals surface area contributed by atoms with Gasteiger partial charge in [0.1, 0.15) is 5.82 Å². The quantitative estimate of drug-likeness (QED) is 0.903. The third-order valence-corrected chi connectivity index (χ3v) is 5.30. The highest BCUT2D eigenvalue weighted by atomic mass is 16.2. The summed E-state index contributed by atoms with van der Waals surface area (Å²) in [6, 6.07) is 4.28. The second kappa shape index (κ2) is 5.98.